The number of ether oxygens (including phenoxy) is 1. The summed E-state index contributed by atoms with van der Waals surface area (Å²) < 4.78 is 5.04. The lowest BCUT2D eigenvalue weighted by Gasteiger charge is -2.12. The van der Waals surface area contributed by atoms with Crippen LogP contribution in [0.3, 0.4) is 0 Å². The molecule has 1 rings (SSSR count). The van der Waals surface area contributed by atoms with Crippen molar-refractivity contribution < 1.29 is 9.53 Å². The largest absolute Gasteiger partial charge is 0.380 e. The van der Waals surface area contributed by atoms with E-state index >= 15 is 0 Å². The fourth-order valence-corrected chi connectivity index (χ4v) is 1.61. The number of nitrogens with one attached hydrogen (secondary N) is 1. The molecule has 3 N–H and O–H groups in total. The Kier molecular flexibility index (Phi) is 4.35. The standard InChI is InChI=1S/C10H20N2O2/c1-3-7-4-9(7)12-10(13)5-8(6-11)14-2/h7-9H,3-6,11H2,1-2H3,(H,12,13). The van der Waals surface area contributed by atoms with Gasteiger partial charge in [-0.05, 0) is 12.3 Å². The van der Waals surface area contributed by atoms with Crippen molar-refractivity contribution in [2.24, 2.45) is 11.7 Å². The molecular weight excluding hydrogens is 180 g/mol. The van der Waals surface area contributed by atoms with Crippen molar-refractivity contribution in [1.82, 2.24) is 5.32 Å². The predicted molar refractivity (Wildman–Crippen MR) is 54.8 cm³/mol. The molecule has 82 valence electrons. The molecule has 0 spiro atoms. The van der Waals surface area contributed by atoms with Crippen molar-refractivity contribution in [3.63, 3.8) is 0 Å². The van der Waals surface area contributed by atoms with E-state index < -0.39 is 0 Å². The van der Waals surface area contributed by atoms with E-state index in [1.165, 1.54) is 0 Å². The smallest absolute Gasteiger partial charge is 0.222 e. The molecule has 0 radical (unpaired) electrons. The minimum Gasteiger partial charge on any atom is -0.380 e. The molecular formula is C10H20N2O2. The first kappa shape index (κ1) is 11.5. The SMILES string of the molecule is CCC1CC1NC(=O)CC(CN)OC. The van der Waals surface area contributed by atoms with Gasteiger partial charge in [0, 0.05) is 19.7 Å². The Morgan fingerprint density at radius 1 is 1.71 bits per heavy atom. The van der Waals surface area contributed by atoms with Crippen LogP contribution >= 0.6 is 0 Å². The van der Waals surface area contributed by atoms with Crippen LogP contribution in [-0.2, 0) is 9.53 Å². The summed E-state index contributed by atoms with van der Waals surface area (Å²) in [6.07, 6.45) is 2.51. The molecule has 4 heteroatoms. The number of hydrogen-bond acceptors (Lipinski definition) is 3. The van der Waals surface area contributed by atoms with Gasteiger partial charge in [0.05, 0.1) is 12.5 Å². The Hall–Kier alpha value is -0.610. The van der Waals surface area contributed by atoms with Gasteiger partial charge in [-0.1, -0.05) is 13.3 Å². The van der Waals surface area contributed by atoms with E-state index in [1.807, 2.05) is 0 Å². The third kappa shape index (κ3) is 3.27. The molecule has 1 fully saturated rings. The van der Waals surface area contributed by atoms with Crippen molar-refractivity contribution >= 4 is 5.91 Å². The number of amides is 1. The first-order valence-corrected chi connectivity index (χ1v) is 5.23. The Labute approximate surface area is 85.2 Å². The van der Waals surface area contributed by atoms with E-state index in [0.717, 1.165) is 12.8 Å². The summed E-state index contributed by atoms with van der Waals surface area (Å²) in [5.41, 5.74) is 5.43. The minimum absolute atomic E-state index is 0.0586. The third-order valence-electron chi connectivity index (χ3n) is 2.80. The predicted octanol–water partition coefficient (Wildman–Crippen LogP) is 0.265. The first-order valence-electron chi connectivity index (χ1n) is 5.23. The molecule has 4 nitrogen and oxygen atoms in total. The quantitative estimate of drug-likeness (QED) is 0.646. The lowest BCUT2D eigenvalue weighted by Crippen LogP contribution is -2.33. The Bertz CT molecular complexity index is 193. The second kappa shape index (κ2) is 5.32. The summed E-state index contributed by atoms with van der Waals surface area (Å²) in [5, 5.41) is 2.98. The van der Waals surface area contributed by atoms with Gasteiger partial charge in [0.25, 0.3) is 0 Å². The van der Waals surface area contributed by atoms with Crippen LogP contribution in [0.4, 0.5) is 0 Å². The van der Waals surface area contributed by atoms with E-state index in [4.69, 9.17) is 10.5 Å². The summed E-state index contributed by atoms with van der Waals surface area (Å²) in [4.78, 5) is 11.4. The van der Waals surface area contributed by atoms with Crippen LogP contribution in [0.25, 0.3) is 0 Å². The second-order valence-electron chi connectivity index (χ2n) is 3.88. The summed E-state index contributed by atoms with van der Waals surface area (Å²) in [6, 6.07) is 0.405. The summed E-state index contributed by atoms with van der Waals surface area (Å²) >= 11 is 0. The van der Waals surface area contributed by atoms with E-state index in [1.54, 1.807) is 7.11 Å². The molecule has 1 saturated carbocycles. The molecule has 3 unspecified atom stereocenters. The molecule has 0 aromatic heterocycles. The summed E-state index contributed by atoms with van der Waals surface area (Å²) in [5.74, 6) is 0.751. The normalized spacial score (nSPS) is 27.1. The maximum Gasteiger partial charge on any atom is 0.222 e. The zero-order valence-electron chi connectivity index (χ0n) is 8.95. The number of hydrogen-bond donors (Lipinski definition) is 2. The van der Waals surface area contributed by atoms with E-state index in [0.29, 0.717) is 24.9 Å². The molecule has 0 aromatic rings. The van der Waals surface area contributed by atoms with Crippen LogP contribution in [0.15, 0.2) is 0 Å². The van der Waals surface area contributed by atoms with E-state index in [9.17, 15) is 4.79 Å². The van der Waals surface area contributed by atoms with Gasteiger partial charge in [-0.2, -0.15) is 0 Å². The van der Waals surface area contributed by atoms with Crippen LogP contribution in [0.1, 0.15) is 26.2 Å². The number of carbonyl (C=O) groups excluding carboxylic acids is 1. The molecule has 0 bridgehead atoms. The Balaban J connectivity index is 2.16. The van der Waals surface area contributed by atoms with Gasteiger partial charge in [-0.3, -0.25) is 4.79 Å². The van der Waals surface area contributed by atoms with Gasteiger partial charge < -0.3 is 15.8 Å². The molecule has 0 heterocycles. The van der Waals surface area contributed by atoms with Crippen molar-refractivity contribution in [2.45, 2.75) is 38.3 Å². The molecule has 1 amide bonds. The molecule has 1 aliphatic carbocycles. The minimum atomic E-state index is -0.145. The summed E-state index contributed by atoms with van der Waals surface area (Å²) in [6.45, 7) is 2.54. The molecule has 14 heavy (non-hydrogen) atoms. The highest BCUT2D eigenvalue weighted by molar-refractivity contribution is 5.77. The van der Waals surface area contributed by atoms with Crippen molar-refractivity contribution in [2.75, 3.05) is 13.7 Å². The zero-order chi connectivity index (χ0) is 10.6. The maximum atomic E-state index is 11.4. The van der Waals surface area contributed by atoms with Crippen LogP contribution in [0.2, 0.25) is 0 Å². The fraction of sp³-hybridized carbons (Fsp3) is 0.900. The van der Waals surface area contributed by atoms with Gasteiger partial charge in [-0.15, -0.1) is 0 Å². The zero-order valence-corrected chi connectivity index (χ0v) is 8.95. The molecule has 0 aromatic carbocycles. The highest BCUT2D eigenvalue weighted by Gasteiger charge is 2.36. The van der Waals surface area contributed by atoms with Gasteiger partial charge in [-0.25, -0.2) is 0 Å². The molecule has 0 saturated heterocycles. The summed E-state index contributed by atoms with van der Waals surface area (Å²) in [7, 11) is 1.58. The van der Waals surface area contributed by atoms with Crippen LogP contribution < -0.4 is 11.1 Å². The van der Waals surface area contributed by atoms with Crippen molar-refractivity contribution in [1.29, 1.82) is 0 Å². The van der Waals surface area contributed by atoms with E-state index in [2.05, 4.69) is 12.2 Å². The average molecular weight is 200 g/mol. The monoisotopic (exact) mass is 200 g/mol. The number of carbonyl (C=O) groups is 1. The lowest BCUT2D eigenvalue weighted by molar-refractivity contribution is -0.123. The number of rotatable bonds is 6. The van der Waals surface area contributed by atoms with Crippen molar-refractivity contribution in [3.8, 4) is 0 Å². The fourth-order valence-electron chi connectivity index (χ4n) is 1.61. The Morgan fingerprint density at radius 2 is 2.43 bits per heavy atom. The second-order valence-corrected chi connectivity index (χ2v) is 3.88. The highest BCUT2D eigenvalue weighted by Crippen LogP contribution is 2.33. The number of nitrogens with two attached hydrogens (primary N) is 1. The van der Waals surface area contributed by atoms with Gasteiger partial charge in [0.2, 0.25) is 5.91 Å². The third-order valence-corrected chi connectivity index (χ3v) is 2.80. The average Bonchev–Trinajstić information content (AvgIpc) is 2.92. The lowest BCUT2D eigenvalue weighted by atomic mass is 10.2. The van der Waals surface area contributed by atoms with Crippen LogP contribution in [0, 0.1) is 5.92 Å². The van der Waals surface area contributed by atoms with Gasteiger partial charge in [0.15, 0.2) is 0 Å². The maximum absolute atomic E-state index is 11.4. The number of methoxy groups -OCH3 is 1. The molecule has 0 aliphatic heterocycles. The first-order chi connectivity index (χ1) is 6.71. The van der Waals surface area contributed by atoms with E-state index in [-0.39, 0.29) is 12.0 Å². The molecule has 3 atom stereocenters. The van der Waals surface area contributed by atoms with Crippen LogP contribution in [0.5, 0.6) is 0 Å². The Morgan fingerprint density at radius 3 is 2.86 bits per heavy atom. The van der Waals surface area contributed by atoms with Gasteiger partial charge >= 0.3 is 0 Å². The van der Waals surface area contributed by atoms with Crippen LogP contribution in [-0.4, -0.2) is 31.7 Å². The van der Waals surface area contributed by atoms with Gasteiger partial charge in [0.1, 0.15) is 0 Å². The topological polar surface area (TPSA) is 64.4 Å². The molecule has 1 aliphatic rings. The highest BCUT2D eigenvalue weighted by atomic mass is 16.5. The van der Waals surface area contributed by atoms with Crippen molar-refractivity contribution in [3.05, 3.63) is 0 Å².